The third-order valence-corrected chi connectivity index (χ3v) is 3.67. The summed E-state index contributed by atoms with van der Waals surface area (Å²) in [5.74, 6) is 0.630. The van der Waals surface area contributed by atoms with E-state index in [2.05, 4.69) is 56.5 Å². The highest BCUT2D eigenvalue weighted by Gasteiger charge is 2.09. The molecule has 5 heteroatoms. The fourth-order valence-corrected chi connectivity index (χ4v) is 2.50. The minimum atomic E-state index is 0.624. The van der Waals surface area contributed by atoms with Crippen LogP contribution in [0.25, 0.3) is 11.4 Å². The summed E-state index contributed by atoms with van der Waals surface area (Å²) in [6.07, 6.45) is 0. The first-order chi connectivity index (χ1) is 9.72. The lowest BCUT2D eigenvalue weighted by atomic mass is 10.1. The van der Waals surface area contributed by atoms with Crippen molar-refractivity contribution in [2.75, 3.05) is 0 Å². The van der Waals surface area contributed by atoms with Gasteiger partial charge >= 0.3 is 0 Å². The van der Waals surface area contributed by atoms with E-state index in [9.17, 15) is 0 Å². The van der Waals surface area contributed by atoms with Gasteiger partial charge in [0.2, 0.25) is 5.82 Å². The van der Waals surface area contributed by atoms with E-state index < -0.39 is 0 Å². The summed E-state index contributed by atoms with van der Waals surface area (Å²) in [6.45, 7) is 2.70. The smallest absolute Gasteiger partial charge is 0.159 e. The van der Waals surface area contributed by atoms with Gasteiger partial charge in [0.1, 0.15) is 0 Å². The molecule has 1 heterocycles. The first-order valence-corrected chi connectivity index (χ1v) is 7.10. The van der Waals surface area contributed by atoms with E-state index in [-0.39, 0.29) is 0 Å². The molecule has 0 atom stereocenters. The highest BCUT2D eigenvalue weighted by Crippen LogP contribution is 2.24. The SMILES string of the molecule is Cc1cccc(Cn2nnc(-c3ccccc3Br)n2)c1. The quantitative estimate of drug-likeness (QED) is 0.739. The van der Waals surface area contributed by atoms with Crippen molar-refractivity contribution in [2.24, 2.45) is 0 Å². The van der Waals surface area contributed by atoms with Gasteiger partial charge in [0.25, 0.3) is 0 Å². The fraction of sp³-hybridized carbons (Fsp3) is 0.133. The van der Waals surface area contributed by atoms with E-state index >= 15 is 0 Å². The number of hydrogen-bond acceptors (Lipinski definition) is 3. The average molecular weight is 329 g/mol. The van der Waals surface area contributed by atoms with Crippen LogP contribution in [-0.4, -0.2) is 20.2 Å². The molecule has 20 heavy (non-hydrogen) atoms. The number of halogens is 1. The summed E-state index contributed by atoms with van der Waals surface area (Å²) in [4.78, 5) is 1.61. The van der Waals surface area contributed by atoms with Crippen LogP contribution < -0.4 is 0 Å². The van der Waals surface area contributed by atoms with Crippen LogP contribution in [-0.2, 0) is 6.54 Å². The van der Waals surface area contributed by atoms with Crippen LogP contribution in [0.2, 0.25) is 0 Å². The second kappa shape index (κ2) is 5.54. The summed E-state index contributed by atoms with van der Waals surface area (Å²) in [5, 5.41) is 12.7. The van der Waals surface area contributed by atoms with Crippen LogP contribution in [0, 0.1) is 6.92 Å². The van der Waals surface area contributed by atoms with Crippen molar-refractivity contribution in [3.63, 3.8) is 0 Å². The first-order valence-electron chi connectivity index (χ1n) is 6.30. The maximum Gasteiger partial charge on any atom is 0.206 e. The molecule has 0 saturated heterocycles. The third kappa shape index (κ3) is 2.77. The molecule has 0 radical (unpaired) electrons. The molecular weight excluding hydrogens is 316 g/mol. The Kier molecular flexibility index (Phi) is 3.60. The molecule has 0 fully saturated rings. The predicted octanol–water partition coefficient (Wildman–Crippen LogP) is 3.46. The Morgan fingerprint density at radius 2 is 1.95 bits per heavy atom. The van der Waals surface area contributed by atoms with E-state index in [4.69, 9.17) is 0 Å². The van der Waals surface area contributed by atoms with Crippen molar-refractivity contribution < 1.29 is 0 Å². The second-order valence-corrected chi connectivity index (χ2v) is 5.47. The lowest BCUT2D eigenvalue weighted by molar-refractivity contribution is 0.572. The Hall–Kier alpha value is -2.01. The van der Waals surface area contributed by atoms with Gasteiger partial charge in [-0.1, -0.05) is 57.9 Å². The fourth-order valence-electron chi connectivity index (χ4n) is 2.03. The predicted molar refractivity (Wildman–Crippen MR) is 81.2 cm³/mol. The van der Waals surface area contributed by atoms with E-state index in [1.807, 2.05) is 30.3 Å². The van der Waals surface area contributed by atoms with Gasteiger partial charge in [0, 0.05) is 10.0 Å². The maximum absolute atomic E-state index is 4.43. The molecule has 4 nitrogen and oxygen atoms in total. The summed E-state index contributed by atoms with van der Waals surface area (Å²) >= 11 is 3.50. The molecule has 0 unspecified atom stereocenters. The van der Waals surface area contributed by atoms with Crippen LogP contribution in [0.4, 0.5) is 0 Å². The van der Waals surface area contributed by atoms with Crippen molar-refractivity contribution in [2.45, 2.75) is 13.5 Å². The van der Waals surface area contributed by atoms with Crippen molar-refractivity contribution in [1.29, 1.82) is 0 Å². The minimum absolute atomic E-state index is 0.624. The standard InChI is InChI=1S/C15H13BrN4/c1-11-5-4-6-12(9-11)10-20-18-15(17-19-20)13-7-2-3-8-14(13)16/h2-9H,10H2,1H3. The number of hydrogen-bond donors (Lipinski definition) is 0. The van der Waals surface area contributed by atoms with Gasteiger partial charge in [-0.3, -0.25) is 0 Å². The summed E-state index contributed by atoms with van der Waals surface area (Å²) in [7, 11) is 0. The molecule has 1 aromatic heterocycles. The lowest BCUT2D eigenvalue weighted by Crippen LogP contribution is -2.04. The van der Waals surface area contributed by atoms with E-state index in [1.54, 1.807) is 4.80 Å². The molecule has 3 aromatic rings. The number of aryl methyl sites for hydroxylation is 1. The van der Waals surface area contributed by atoms with Crippen LogP contribution in [0.15, 0.2) is 53.0 Å². The van der Waals surface area contributed by atoms with Gasteiger partial charge in [-0.15, -0.1) is 10.2 Å². The number of aromatic nitrogens is 4. The Morgan fingerprint density at radius 1 is 1.10 bits per heavy atom. The molecule has 100 valence electrons. The van der Waals surface area contributed by atoms with Crippen LogP contribution in [0.3, 0.4) is 0 Å². The van der Waals surface area contributed by atoms with Gasteiger partial charge in [-0.25, -0.2) is 0 Å². The Balaban J connectivity index is 1.86. The molecule has 0 aliphatic carbocycles. The molecule has 0 spiro atoms. The molecule has 0 saturated carbocycles. The maximum atomic E-state index is 4.43. The number of rotatable bonds is 3. The summed E-state index contributed by atoms with van der Waals surface area (Å²) in [6, 6.07) is 16.2. The zero-order valence-electron chi connectivity index (χ0n) is 11.0. The molecule has 0 bridgehead atoms. The lowest BCUT2D eigenvalue weighted by Gasteiger charge is -2.01. The number of nitrogens with zero attached hydrogens (tertiary/aromatic N) is 4. The Bertz CT molecular complexity index is 736. The monoisotopic (exact) mass is 328 g/mol. The third-order valence-electron chi connectivity index (χ3n) is 2.97. The van der Waals surface area contributed by atoms with Gasteiger partial charge < -0.3 is 0 Å². The Morgan fingerprint density at radius 3 is 2.75 bits per heavy atom. The molecule has 0 N–H and O–H groups in total. The molecule has 3 rings (SSSR count). The van der Waals surface area contributed by atoms with Gasteiger partial charge in [-0.05, 0) is 29.8 Å². The van der Waals surface area contributed by atoms with Crippen molar-refractivity contribution >= 4 is 15.9 Å². The Labute approximate surface area is 125 Å². The van der Waals surface area contributed by atoms with Gasteiger partial charge in [0.05, 0.1) is 6.54 Å². The zero-order chi connectivity index (χ0) is 13.9. The van der Waals surface area contributed by atoms with E-state index in [0.717, 1.165) is 10.0 Å². The van der Waals surface area contributed by atoms with E-state index in [1.165, 1.54) is 11.1 Å². The van der Waals surface area contributed by atoms with Crippen molar-refractivity contribution in [1.82, 2.24) is 20.2 Å². The highest BCUT2D eigenvalue weighted by molar-refractivity contribution is 9.10. The topological polar surface area (TPSA) is 43.6 Å². The zero-order valence-corrected chi connectivity index (χ0v) is 12.6. The molecule has 0 aliphatic heterocycles. The molecule has 0 amide bonds. The summed E-state index contributed by atoms with van der Waals surface area (Å²) in [5.41, 5.74) is 3.35. The highest BCUT2D eigenvalue weighted by atomic mass is 79.9. The second-order valence-electron chi connectivity index (χ2n) is 4.61. The largest absolute Gasteiger partial charge is 0.206 e. The van der Waals surface area contributed by atoms with Gasteiger partial charge in [-0.2, -0.15) is 4.80 Å². The van der Waals surface area contributed by atoms with Crippen molar-refractivity contribution in [3.8, 4) is 11.4 Å². The van der Waals surface area contributed by atoms with Crippen molar-refractivity contribution in [3.05, 3.63) is 64.1 Å². The minimum Gasteiger partial charge on any atom is -0.159 e. The average Bonchev–Trinajstić information content (AvgIpc) is 2.87. The normalized spacial score (nSPS) is 10.7. The first kappa shape index (κ1) is 13.0. The molecule has 2 aromatic carbocycles. The van der Waals surface area contributed by atoms with Crippen LogP contribution in [0.1, 0.15) is 11.1 Å². The van der Waals surface area contributed by atoms with Crippen LogP contribution in [0.5, 0.6) is 0 Å². The number of benzene rings is 2. The van der Waals surface area contributed by atoms with Crippen LogP contribution >= 0.6 is 15.9 Å². The molecular formula is C15H13BrN4. The number of tetrazole rings is 1. The van der Waals surface area contributed by atoms with E-state index in [0.29, 0.717) is 12.4 Å². The molecule has 0 aliphatic rings. The van der Waals surface area contributed by atoms with Gasteiger partial charge in [0.15, 0.2) is 0 Å². The summed E-state index contributed by atoms with van der Waals surface area (Å²) < 4.78 is 0.968.